The summed E-state index contributed by atoms with van der Waals surface area (Å²) in [5.74, 6) is 1.35. The van der Waals surface area contributed by atoms with E-state index in [1.807, 2.05) is 11.4 Å². The molecule has 0 bridgehead atoms. The highest BCUT2D eigenvalue weighted by Crippen LogP contribution is 2.23. The fourth-order valence-corrected chi connectivity index (χ4v) is 3.21. The van der Waals surface area contributed by atoms with E-state index in [0.29, 0.717) is 12.4 Å². The maximum absolute atomic E-state index is 5.99. The van der Waals surface area contributed by atoms with Gasteiger partial charge in [-0.1, -0.05) is 29.8 Å². The summed E-state index contributed by atoms with van der Waals surface area (Å²) in [6, 6.07) is 10.5. The Morgan fingerprint density at radius 1 is 1.19 bits per heavy atom. The number of benzene rings is 1. The maximum Gasteiger partial charge on any atom is 0.146 e. The van der Waals surface area contributed by atoms with E-state index in [0.717, 1.165) is 22.6 Å². The first kappa shape index (κ1) is 14.0. The predicted molar refractivity (Wildman–Crippen MR) is 88.2 cm³/mol. The molecule has 0 unspecified atom stereocenters. The van der Waals surface area contributed by atoms with Crippen LogP contribution in [0.25, 0.3) is 10.2 Å². The fourth-order valence-electron chi connectivity index (χ4n) is 2.41. The van der Waals surface area contributed by atoms with Gasteiger partial charge in [0, 0.05) is 6.54 Å². The standard InChI is InChI=1S/C16H18N4S/c1-11-4-3-5-12(8-11)9-20(2)10-14-18-15(17)13-6-7-21-16(13)19-14/h3-8H,9-10H2,1-2H3,(H2,17,18,19). The van der Waals surface area contributed by atoms with Gasteiger partial charge in [0.25, 0.3) is 0 Å². The summed E-state index contributed by atoms with van der Waals surface area (Å²) in [7, 11) is 2.07. The second-order valence-electron chi connectivity index (χ2n) is 5.33. The smallest absolute Gasteiger partial charge is 0.146 e. The molecule has 5 heteroatoms. The number of hydrogen-bond donors (Lipinski definition) is 1. The second-order valence-corrected chi connectivity index (χ2v) is 6.22. The van der Waals surface area contributed by atoms with Crippen molar-refractivity contribution in [2.45, 2.75) is 20.0 Å². The highest BCUT2D eigenvalue weighted by atomic mass is 32.1. The maximum atomic E-state index is 5.99. The Hall–Kier alpha value is -1.98. The number of nitrogens with zero attached hydrogens (tertiary/aromatic N) is 3. The number of aromatic nitrogens is 2. The zero-order valence-electron chi connectivity index (χ0n) is 12.2. The molecule has 0 spiro atoms. The highest BCUT2D eigenvalue weighted by Gasteiger charge is 2.09. The van der Waals surface area contributed by atoms with E-state index in [1.165, 1.54) is 11.1 Å². The van der Waals surface area contributed by atoms with Crippen molar-refractivity contribution >= 4 is 27.4 Å². The summed E-state index contributed by atoms with van der Waals surface area (Å²) in [4.78, 5) is 12.1. The molecule has 3 rings (SSSR count). The number of rotatable bonds is 4. The largest absolute Gasteiger partial charge is 0.383 e. The number of hydrogen-bond acceptors (Lipinski definition) is 5. The lowest BCUT2D eigenvalue weighted by Crippen LogP contribution is -2.19. The van der Waals surface area contributed by atoms with Crippen molar-refractivity contribution in [3.05, 3.63) is 52.7 Å². The van der Waals surface area contributed by atoms with Gasteiger partial charge in [0.15, 0.2) is 0 Å². The molecule has 2 aromatic heterocycles. The number of aryl methyl sites for hydroxylation is 1. The number of nitrogen functional groups attached to an aromatic ring is 1. The van der Waals surface area contributed by atoms with Crippen molar-refractivity contribution in [3.63, 3.8) is 0 Å². The van der Waals surface area contributed by atoms with E-state index in [1.54, 1.807) is 11.3 Å². The summed E-state index contributed by atoms with van der Waals surface area (Å²) in [6.07, 6.45) is 0. The van der Waals surface area contributed by atoms with Crippen LogP contribution in [-0.4, -0.2) is 21.9 Å². The van der Waals surface area contributed by atoms with Crippen LogP contribution in [0.3, 0.4) is 0 Å². The molecule has 108 valence electrons. The van der Waals surface area contributed by atoms with E-state index in [2.05, 4.69) is 53.1 Å². The van der Waals surface area contributed by atoms with Crippen LogP contribution in [0.1, 0.15) is 17.0 Å². The summed E-state index contributed by atoms with van der Waals surface area (Å²) in [6.45, 7) is 3.66. The third-order valence-corrected chi connectivity index (χ3v) is 4.15. The molecule has 0 fully saturated rings. The van der Waals surface area contributed by atoms with E-state index in [4.69, 9.17) is 5.73 Å². The highest BCUT2D eigenvalue weighted by molar-refractivity contribution is 7.16. The molecule has 0 saturated carbocycles. The van der Waals surface area contributed by atoms with Gasteiger partial charge in [-0.3, -0.25) is 4.90 Å². The Morgan fingerprint density at radius 2 is 2.05 bits per heavy atom. The Kier molecular flexibility index (Phi) is 3.86. The quantitative estimate of drug-likeness (QED) is 0.803. The van der Waals surface area contributed by atoms with Crippen LogP contribution in [0.2, 0.25) is 0 Å². The lowest BCUT2D eigenvalue weighted by molar-refractivity contribution is 0.311. The number of anilines is 1. The minimum atomic E-state index is 0.570. The lowest BCUT2D eigenvalue weighted by Gasteiger charge is -2.16. The average Bonchev–Trinajstić information content (AvgIpc) is 2.87. The number of fused-ring (bicyclic) bond motifs is 1. The molecule has 2 N–H and O–H groups in total. The summed E-state index contributed by atoms with van der Waals surface area (Å²) >= 11 is 1.60. The zero-order valence-corrected chi connectivity index (χ0v) is 13.0. The Bertz CT molecular complexity index is 766. The van der Waals surface area contributed by atoms with Crippen LogP contribution in [-0.2, 0) is 13.1 Å². The summed E-state index contributed by atoms with van der Waals surface area (Å²) < 4.78 is 0. The summed E-state index contributed by atoms with van der Waals surface area (Å²) in [5, 5.41) is 2.95. The van der Waals surface area contributed by atoms with E-state index >= 15 is 0 Å². The SMILES string of the molecule is Cc1cccc(CN(C)Cc2nc(N)c3ccsc3n2)c1. The molecular weight excluding hydrogens is 280 g/mol. The van der Waals surface area contributed by atoms with Crippen LogP contribution in [0.15, 0.2) is 35.7 Å². The van der Waals surface area contributed by atoms with Gasteiger partial charge in [-0.2, -0.15) is 0 Å². The van der Waals surface area contributed by atoms with Gasteiger partial charge in [0.05, 0.1) is 11.9 Å². The van der Waals surface area contributed by atoms with Gasteiger partial charge in [-0.25, -0.2) is 9.97 Å². The first-order valence-electron chi connectivity index (χ1n) is 6.85. The number of thiophene rings is 1. The Labute approximate surface area is 128 Å². The van der Waals surface area contributed by atoms with Gasteiger partial charge < -0.3 is 5.73 Å². The van der Waals surface area contributed by atoms with Gasteiger partial charge in [0.1, 0.15) is 16.5 Å². The van der Waals surface area contributed by atoms with Crippen LogP contribution in [0.4, 0.5) is 5.82 Å². The molecule has 0 atom stereocenters. The Balaban J connectivity index is 1.75. The molecule has 0 aliphatic rings. The van der Waals surface area contributed by atoms with Gasteiger partial charge in [-0.15, -0.1) is 11.3 Å². The molecule has 3 aromatic rings. The zero-order chi connectivity index (χ0) is 14.8. The molecule has 2 heterocycles. The fraction of sp³-hybridized carbons (Fsp3) is 0.250. The van der Waals surface area contributed by atoms with Crippen LogP contribution in [0, 0.1) is 6.92 Å². The first-order chi connectivity index (χ1) is 10.1. The molecular formula is C16H18N4S. The molecule has 4 nitrogen and oxygen atoms in total. The third kappa shape index (κ3) is 3.20. The number of nitrogens with two attached hydrogens (primary N) is 1. The predicted octanol–water partition coefficient (Wildman–Crippen LogP) is 3.21. The van der Waals surface area contributed by atoms with Gasteiger partial charge >= 0.3 is 0 Å². The topological polar surface area (TPSA) is 55.0 Å². The first-order valence-corrected chi connectivity index (χ1v) is 7.73. The van der Waals surface area contributed by atoms with E-state index in [9.17, 15) is 0 Å². The van der Waals surface area contributed by atoms with Crippen LogP contribution >= 0.6 is 11.3 Å². The van der Waals surface area contributed by atoms with Gasteiger partial charge in [-0.05, 0) is 31.0 Å². The monoisotopic (exact) mass is 298 g/mol. The molecule has 0 aliphatic carbocycles. The van der Waals surface area contributed by atoms with Crippen molar-refractivity contribution in [2.24, 2.45) is 0 Å². The average molecular weight is 298 g/mol. The third-order valence-electron chi connectivity index (χ3n) is 3.35. The van der Waals surface area contributed by atoms with Crippen molar-refractivity contribution in [1.82, 2.24) is 14.9 Å². The minimum absolute atomic E-state index is 0.570. The Morgan fingerprint density at radius 3 is 2.86 bits per heavy atom. The summed E-state index contributed by atoms with van der Waals surface area (Å²) in [5.41, 5.74) is 8.56. The normalized spacial score (nSPS) is 11.4. The van der Waals surface area contributed by atoms with Crippen molar-refractivity contribution in [3.8, 4) is 0 Å². The second kappa shape index (κ2) is 5.79. The molecule has 0 amide bonds. The molecule has 0 aliphatic heterocycles. The molecule has 21 heavy (non-hydrogen) atoms. The van der Waals surface area contributed by atoms with Crippen LogP contribution < -0.4 is 5.73 Å². The van der Waals surface area contributed by atoms with Gasteiger partial charge in [0.2, 0.25) is 0 Å². The van der Waals surface area contributed by atoms with Crippen molar-refractivity contribution in [1.29, 1.82) is 0 Å². The van der Waals surface area contributed by atoms with Crippen molar-refractivity contribution in [2.75, 3.05) is 12.8 Å². The lowest BCUT2D eigenvalue weighted by atomic mass is 10.1. The molecule has 1 aromatic carbocycles. The molecule has 0 radical (unpaired) electrons. The minimum Gasteiger partial charge on any atom is -0.383 e. The van der Waals surface area contributed by atoms with E-state index in [-0.39, 0.29) is 0 Å². The molecule has 0 saturated heterocycles. The van der Waals surface area contributed by atoms with Crippen LogP contribution in [0.5, 0.6) is 0 Å². The van der Waals surface area contributed by atoms with Crippen molar-refractivity contribution < 1.29 is 0 Å². The van der Waals surface area contributed by atoms with E-state index < -0.39 is 0 Å².